The van der Waals surface area contributed by atoms with Crippen LogP contribution < -0.4 is 5.32 Å². The van der Waals surface area contributed by atoms with Crippen LogP contribution in [-0.2, 0) is 12.7 Å². The Morgan fingerprint density at radius 3 is 2.37 bits per heavy atom. The van der Waals surface area contributed by atoms with Crippen LogP contribution in [0.4, 0.5) is 18.0 Å². The molecule has 7 heteroatoms. The standard InChI is InChI=1S/C20H28F3N3O/c21-20(22,23)17-7-5-16(6-8-17)15-26(18-9-10-18)19(27)24-11-4-14-25-12-2-1-3-13-25/h5-8,18H,1-4,9-15H2,(H,24,27). The van der Waals surface area contributed by atoms with E-state index in [1.165, 1.54) is 31.4 Å². The zero-order valence-corrected chi connectivity index (χ0v) is 15.6. The van der Waals surface area contributed by atoms with Crippen molar-refractivity contribution >= 4 is 6.03 Å². The van der Waals surface area contributed by atoms with E-state index in [0.29, 0.717) is 13.1 Å². The number of nitrogens with one attached hydrogen (secondary N) is 1. The molecule has 0 unspecified atom stereocenters. The van der Waals surface area contributed by atoms with Gasteiger partial charge in [-0.1, -0.05) is 18.6 Å². The Hall–Kier alpha value is -1.76. The number of urea groups is 1. The number of hydrogen-bond donors (Lipinski definition) is 1. The molecule has 1 N–H and O–H groups in total. The lowest BCUT2D eigenvalue weighted by molar-refractivity contribution is -0.137. The minimum absolute atomic E-state index is 0.115. The van der Waals surface area contributed by atoms with Crippen LogP contribution in [0.1, 0.15) is 49.7 Å². The molecule has 1 saturated carbocycles. The van der Waals surface area contributed by atoms with E-state index in [0.717, 1.165) is 56.6 Å². The third kappa shape index (κ3) is 6.13. The quantitative estimate of drug-likeness (QED) is 0.715. The SMILES string of the molecule is O=C(NCCCN1CCCCC1)N(Cc1ccc(C(F)(F)F)cc1)C1CC1. The Kier molecular flexibility index (Phi) is 6.63. The largest absolute Gasteiger partial charge is 0.416 e. The van der Waals surface area contributed by atoms with Gasteiger partial charge in [0.1, 0.15) is 0 Å². The second-order valence-corrected chi connectivity index (χ2v) is 7.54. The molecule has 4 nitrogen and oxygen atoms in total. The van der Waals surface area contributed by atoms with E-state index in [2.05, 4.69) is 10.2 Å². The van der Waals surface area contributed by atoms with E-state index in [1.54, 1.807) is 4.90 Å². The van der Waals surface area contributed by atoms with Crippen molar-refractivity contribution in [1.82, 2.24) is 15.1 Å². The normalized spacial score (nSPS) is 18.3. The number of hydrogen-bond acceptors (Lipinski definition) is 2. The van der Waals surface area contributed by atoms with Crippen molar-refractivity contribution in [3.63, 3.8) is 0 Å². The third-order valence-electron chi connectivity index (χ3n) is 5.26. The average molecular weight is 383 g/mol. The van der Waals surface area contributed by atoms with Gasteiger partial charge in [-0.3, -0.25) is 0 Å². The molecule has 0 spiro atoms. The number of alkyl halides is 3. The molecule has 0 aromatic heterocycles. The van der Waals surface area contributed by atoms with E-state index in [-0.39, 0.29) is 12.1 Å². The predicted octanol–water partition coefficient (Wildman–Crippen LogP) is 4.26. The maximum atomic E-state index is 12.7. The van der Waals surface area contributed by atoms with E-state index in [4.69, 9.17) is 0 Å². The number of nitrogens with zero attached hydrogens (tertiary/aromatic N) is 2. The van der Waals surface area contributed by atoms with Crippen LogP contribution in [0.25, 0.3) is 0 Å². The summed E-state index contributed by atoms with van der Waals surface area (Å²) < 4.78 is 38.0. The van der Waals surface area contributed by atoms with Gasteiger partial charge in [0, 0.05) is 19.1 Å². The molecule has 2 amide bonds. The Morgan fingerprint density at radius 2 is 1.78 bits per heavy atom. The highest BCUT2D eigenvalue weighted by atomic mass is 19.4. The second-order valence-electron chi connectivity index (χ2n) is 7.54. The number of amides is 2. The Balaban J connectivity index is 1.46. The van der Waals surface area contributed by atoms with Crippen molar-refractivity contribution < 1.29 is 18.0 Å². The van der Waals surface area contributed by atoms with Crippen LogP contribution >= 0.6 is 0 Å². The molecule has 3 rings (SSSR count). The lowest BCUT2D eigenvalue weighted by Gasteiger charge is -2.27. The lowest BCUT2D eigenvalue weighted by atomic mass is 10.1. The zero-order valence-electron chi connectivity index (χ0n) is 15.6. The zero-order chi connectivity index (χ0) is 19.3. The van der Waals surface area contributed by atoms with Gasteiger partial charge < -0.3 is 15.1 Å². The molecule has 27 heavy (non-hydrogen) atoms. The number of carbonyl (C=O) groups is 1. The molecule has 1 heterocycles. The van der Waals surface area contributed by atoms with E-state index >= 15 is 0 Å². The van der Waals surface area contributed by atoms with Crippen molar-refractivity contribution in [3.05, 3.63) is 35.4 Å². The average Bonchev–Trinajstić information content (AvgIpc) is 3.48. The molecule has 1 aliphatic carbocycles. The first-order valence-corrected chi connectivity index (χ1v) is 9.86. The minimum Gasteiger partial charge on any atom is -0.338 e. The fraction of sp³-hybridized carbons (Fsp3) is 0.650. The van der Waals surface area contributed by atoms with Gasteiger partial charge in [0.2, 0.25) is 0 Å². The van der Waals surface area contributed by atoms with Crippen LogP contribution in [-0.4, -0.2) is 48.1 Å². The number of rotatable bonds is 7. The maximum absolute atomic E-state index is 12.7. The molecule has 1 aromatic carbocycles. The van der Waals surface area contributed by atoms with Gasteiger partial charge in [-0.15, -0.1) is 0 Å². The highest BCUT2D eigenvalue weighted by molar-refractivity contribution is 5.74. The first kappa shape index (κ1) is 20.0. The summed E-state index contributed by atoms with van der Waals surface area (Å²) in [6.45, 7) is 4.28. The van der Waals surface area contributed by atoms with Crippen molar-refractivity contribution in [3.8, 4) is 0 Å². The van der Waals surface area contributed by atoms with Gasteiger partial charge >= 0.3 is 12.2 Å². The number of benzene rings is 1. The summed E-state index contributed by atoms with van der Waals surface area (Å²) in [5.41, 5.74) is 0.0600. The molecule has 1 aromatic rings. The van der Waals surface area contributed by atoms with E-state index < -0.39 is 11.7 Å². The molecule has 2 aliphatic rings. The molecule has 0 radical (unpaired) electrons. The van der Waals surface area contributed by atoms with Crippen LogP contribution in [0, 0.1) is 0 Å². The summed E-state index contributed by atoms with van der Waals surface area (Å²) in [5.74, 6) is 0. The number of halogens is 3. The monoisotopic (exact) mass is 383 g/mol. The number of piperidine rings is 1. The first-order valence-electron chi connectivity index (χ1n) is 9.86. The van der Waals surface area contributed by atoms with Crippen molar-refractivity contribution in [2.45, 2.75) is 57.3 Å². The van der Waals surface area contributed by atoms with Crippen LogP contribution in [0.2, 0.25) is 0 Å². The first-order chi connectivity index (χ1) is 12.9. The van der Waals surface area contributed by atoms with Crippen molar-refractivity contribution in [2.75, 3.05) is 26.2 Å². The molecular formula is C20H28F3N3O. The summed E-state index contributed by atoms with van der Waals surface area (Å²) in [4.78, 5) is 16.7. The Bertz CT molecular complexity index is 608. The molecule has 0 atom stereocenters. The number of carbonyl (C=O) groups excluding carboxylic acids is 1. The highest BCUT2D eigenvalue weighted by Gasteiger charge is 2.33. The maximum Gasteiger partial charge on any atom is 0.416 e. The van der Waals surface area contributed by atoms with Crippen molar-refractivity contribution in [2.24, 2.45) is 0 Å². The molecule has 1 saturated heterocycles. The summed E-state index contributed by atoms with van der Waals surface area (Å²) >= 11 is 0. The number of likely N-dealkylation sites (tertiary alicyclic amines) is 1. The van der Waals surface area contributed by atoms with Gasteiger partial charge in [-0.05, 0) is 69.4 Å². The fourth-order valence-electron chi connectivity index (χ4n) is 3.53. The Morgan fingerprint density at radius 1 is 1.11 bits per heavy atom. The van der Waals surface area contributed by atoms with E-state index in [9.17, 15) is 18.0 Å². The predicted molar refractivity (Wildman–Crippen MR) is 98.3 cm³/mol. The summed E-state index contributed by atoms with van der Waals surface area (Å²) in [7, 11) is 0. The van der Waals surface area contributed by atoms with Gasteiger partial charge in [0.05, 0.1) is 5.56 Å². The van der Waals surface area contributed by atoms with Crippen LogP contribution in [0.15, 0.2) is 24.3 Å². The second kappa shape index (κ2) is 8.95. The Labute approximate surface area is 158 Å². The summed E-state index contributed by atoms with van der Waals surface area (Å²) in [6.07, 6.45) is 2.34. The summed E-state index contributed by atoms with van der Waals surface area (Å²) in [6, 6.07) is 5.17. The molecule has 150 valence electrons. The van der Waals surface area contributed by atoms with Gasteiger partial charge in [-0.25, -0.2) is 4.79 Å². The molecule has 0 bridgehead atoms. The van der Waals surface area contributed by atoms with Crippen LogP contribution in [0.5, 0.6) is 0 Å². The van der Waals surface area contributed by atoms with Gasteiger partial charge in [-0.2, -0.15) is 13.2 Å². The molecular weight excluding hydrogens is 355 g/mol. The van der Waals surface area contributed by atoms with Crippen LogP contribution in [0.3, 0.4) is 0 Å². The van der Waals surface area contributed by atoms with Gasteiger partial charge in [0.15, 0.2) is 0 Å². The lowest BCUT2D eigenvalue weighted by Crippen LogP contribution is -2.42. The van der Waals surface area contributed by atoms with Crippen molar-refractivity contribution in [1.29, 1.82) is 0 Å². The molecule has 1 aliphatic heterocycles. The fourth-order valence-corrected chi connectivity index (χ4v) is 3.53. The van der Waals surface area contributed by atoms with E-state index in [1.807, 2.05) is 0 Å². The third-order valence-corrected chi connectivity index (χ3v) is 5.26. The van der Waals surface area contributed by atoms with Gasteiger partial charge in [0.25, 0.3) is 0 Å². The molecule has 2 fully saturated rings. The topological polar surface area (TPSA) is 35.6 Å². The minimum atomic E-state index is -4.33. The summed E-state index contributed by atoms with van der Waals surface area (Å²) in [5, 5.41) is 2.98. The smallest absolute Gasteiger partial charge is 0.338 e. The highest BCUT2D eigenvalue weighted by Crippen LogP contribution is 2.31.